The summed E-state index contributed by atoms with van der Waals surface area (Å²) in [6, 6.07) is 0. The van der Waals surface area contributed by atoms with E-state index >= 15 is 0 Å². The Labute approximate surface area is 95.8 Å². The van der Waals surface area contributed by atoms with Gasteiger partial charge in [-0.25, -0.2) is 18.4 Å². The second-order valence-corrected chi connectivity index (χ2v) is 5.91. The number of hydrogen-bond acceptors (Lipinski definition) is 4. The van der Waals surface area contributed by atoms with Gasteiger partial charge in [-0.1, -0.05) is 0 Å². The number of hydrogen-bond donors (Lipinski definition) is 0. The molecule has 0 atom stereocenters. The van der Waals surface area contributed by atoms with Crippen molar-refractivity contribution < 1.29 is 21.6 Å². The third kappa shape index (κ3) is 2.56. The normalized spacial score (nSPS) is 17.2. The zero-order chi connectivity index (χ0) is 12.8. The minimum absolute atomic E-state index is 0.201. The predicted molar refractivity (Wildman–Crippen MR) is 52.1 cm³/mol. The third-order valence-electron chi connectivity index (χ3n) is 2.40. The van der Waals surface area contributed by atoms with Gasteiger partial charge in [-0.05, 0) is 12.8 Å². The van der Waals surface area contributed by atoms with Crippen molar-refractivity contribution in [3.05, 3.63) is 17.5 Å². The van der Waals surface area contributed by atoms with Gasteiger partial charge in [0, 0.05) is 18.4 Å². The van der Waals surface area contributed by atoms with Crippen LogP contribution in [0.25, 0.3) is 0 Å². The minimum Gasteiger partial charge on any atom is -0.226 e. The molecule has 0 spiro atoms. The Bertz CT molecular complexity index is 550. The standard InChI is InChI=1S/C9H9F3N2O2S/c1-17(15,16)8-13-4-6(9(10,11)12)7(14-8)5-2-3-5/h4-5H,2-3H2,1H3. The molecular formula is C9H9F3N2O2S. The lowest BCUT2D eigenvalue weighted by Crippen LogP contribution is -2.14. The summed E-state index contributed by atoms with van der Waals surface area (Å²) in [6.07, 6.45) is -1.93. The first kappa shape index (κ1) is 12.3. The van der Waals surface area contributed by atoms with Crippen molar-refractivity contribution in [2.24, 2.45) is 0 Å². The van der Waals surface area contributed by atoms with Crippen LogP contribution in [0.1, 0.15) is 30.0 Å². The summed E-state index contributed by atoms with van der Waals surface area (Å²) in [5, 5.41) is -0.549. The van der Waals surface area contributed by atoms with Crippen LogP contribution in [0.15, 0.2) is 11.4 Å². The van der Waals surface area contributed by atoms with Gasteiger partial charge in [0.2, 0.25) is 15.0 Å². The fraction of sp³-hybridized carbons (Fsp3) is 0.556. The third-order valence-corrected chi connectivity index (χ3v) is 3.26. The molecule has 0 bridgehead atoms. The highest BCUT2D eigenvalue weighted by molar-refractivity contribution is 7.90. The van der Waals surface area contributed by atoms with Gasteiger partial charge in [-0.3, -0.25) is 0 Å². The summed E-state index contributed by atoms with van der Waals surface area (Å²) < 4.78 is 60.3. The van der Waals surface area contributed by atoms with Crippen molar-refractivity contribution in [2.45, 2.75) is 30.1 Å². The van der Waals surface area contributed by atoms with Crippen molar-refractivity contribution in [1.29, 1.82) is 0 Å². The summed E-state index contributed by atoms with van der Waals surface area (Å²) >= 11 is 0. The van der Waals surface area contributed by atoms with Gasteiger partial charge in [-0.2, -0.15) is 13.2 Å². The largest absolute Gasteiger partial charge is 0.419 e. The van der Waals surface area contributed by atoms with Crippen molar-refractivity contribution in [2.75, 3.05) is 6.26 Å². The lowest BCUT2D eigenvalue weighted by atomic mass is 10.1. The first-order chi connectivity index (χ1) is 7.69. The van der Waals surface area contributed by atoms with Crippen LogP contribution in [0.4, 0.5) is 13.2 Å². The fourth-order valence-corrected chi connectivity index (χ4v) is 1.95. The number of sulfone groups is 1. The average molecular weight is 266 g/mol. The summed E-state index contributed by atoms with van der Waals surface area (Å²) in [4.78, 5) is 6.82. The van der Waals surface area contributed by atoms with Crippen molar-refractivity contribution in [3.8, 4) is 0 Å². The Hall–Kier alpha value is -1.18. The lowest BCUT2D eigenvalue weighted by molar-refractivity contribution is -0.138. The van der Waals surface area contributed by atoms with Crippen LogP contribution < -0.4 is 0 Å². The molecule has 1 aliphatic carbocycles. The van der Waals surface area contributed by atoms with Crippen LogP contribution in [0, 0.1) is 0 Å². The average Bonchev–Trinajstić information content (AvgIpc) is 2.97. The molecule has 0 radical (unpaired) electrons. The van der Waals surface area contributed by atoms with Gasteiger partial charge in [-0.15, -0.1) is 0 Å². The molecule has 0 aromatic carbocycles. The van der Waals surface area contributed by atoms with E-state index in [-0.39, 0.29) is 11.6 Å². The molecule has 4 nitrogen and oxygen atoms in total. The van der Waals surface area contributed by atoms with E-state index in [0.717, 1.165) is 6.26 Å². The molecule has 0 aliphatic heterocycles. The Morgan fingerprint density at radius 2 is 1.94 bits per heavy atom. The van der Waals surface area contributed by atoms with Crippen LogP contribution in [0.3, 0.4) is 0 Å². The molecule has 1 aliphatic rings. The predicted octanol–water partition coefficient (Wildman–Crippen LogP) is 1.78. The molecular weight excluding hydrogens is 257 g/mol. The topological polar surface area (TPSA) is 59.9 Å². The molecule has 1 heterocycles. The van der Waals surface area contributed by atoms with E-state index in [9.17, 15) is 21.6 Å². The van der Waals surface area contributed by atoms with Crippen LogP contribution in [0.5, 0.6) is 0 Å². The zero-order valence-corrected chi connectivity index (χ0v) is 9.64. The van der Waals surface area contributed by atoms with Crippen molar-refractivity contribution in [1.82, 2.24) is 9.97 Å². The van der Waals surface area contributed by atoms with E-state index in [1.807, 2.05) is 0 Å². The molecule has 0 N–H and O–H groups in total. The van der Waals surface area contributed by atoms with E-state index < -0.39 is 26.7 Å². The quantitative estimate of drug-likeness (QED) is 0.765. The second kappa shape index (κ2) is 3.66. The first-order valence-electron chi connectivity index (χ1n) is 4.84. The molecule has 1 aromatic rings. The number of alkyl halides is 3. The monoisotopic (exact) mass is 266 g/mol. The second-order valence-electron chi connectivity index (χ2n) is 4.00. The van der Waals surface area contributed by atoms with Crippen LogP contribution in [-0.2, 0) is 16.0 Å². The molecule has 8 heteroatoms. The molecule has 2 rings (SSSR count). The smallest absolute Gasteiger partial charge is 0.226 e. The molecule has 1 aromatic heterocycles. The van der Waals surface area contributed by atoms with Crippen LogP contribution >= 0.6 is 0 Å². The van der Waals surface area contributed by atoms with Crippen LogP contribution in [-0.4, -0.2) is 24.6 Å². The van der Waals surface area contributed by atoms with E-state index in [2.05, 4.69) is 9.97 Å². The molecule has 17 heavy (non-hydrogen) atoms. The highest BCUT2D eigenvalue weighted by atomic mass is 32.2. The molecule has 0 amide bonds. The van der Waals surface area contributed by atoms with Gasteiger partial charge in [0.15, 0.2) is 0 Å². The summed E-state index contributed by atoms with van der Waals surface area (Å²) in [5.74, 6) is -0.296. The molecule has 1 saturated carbocycles. The molecule has 94 valence electrons. The first-order valence-corrected chi connectivity index (χ1v) is 6.73. The van der Waals surface area contributed by atoms with Gasteiger partial charge in [0.25, 0.3) is 0 Å². The maximum Gasteiger partial charge on any atom is 0.419 e. The van der Waals surface area contributed by atoms with E-state index in [1.165, 1.54) is 0 Å². The number of aromatic nitrogens is 2. The van der Waals surface area contributed by atoms with Gasteiger partial charge >= 0.3 is 6.18 Å². The number of nitrogens with zero attached hydrogens (tertiary/aromatic N) is 2. The highest BCUT2D eigenvalue weighted by Gasteiger charge is 2.40. The van der Waals surface area contributed by atoms with Gasteiger partial charge in [0.05, 0.1) is 11.3 Å². The summed E-state index contributed by atoms with van der Waals surface area (Å²) in [6.45, 7) is 0. The van der Waals surface area contributed by atoms with Gasteiger partial charge in [0.1, 0.15) is 0 Å². The minimum atomic E-state index is -4.55. The fourth-order valence-electron chi connectivity index (χ4n) is 1.44. The lowest BCUT2D eigenvalue weighted by Gasteiger charge is -2.11. The SMILES string of the molecule is CS(=O)(=O)c1ncc(C(F)(F)F)c(C2CC2)n1. The Morgan fingerprint density at radius 3 is 2.35 bits per heavy atom. The Kier molecular flexibility index (Phi) is 2.64. The van der Waals surface area contributed by atoms with Crippen molar-refractivity contribution >= 4 is 9.84 Å². The maximum absolute atomic E-state index is 12.6. The number of rotatable bonds is 2. The number of halogens is 3. The summed E-state index contributed by atoms with van der Waals surface area (Å²) in [5.41, 5.74) is -1.14. The molecule has 0 saturated heterocycles. The van der Waals surface area contributed by atoms with E-state index in [1.54, 1.807) is 0 Å². The molecule has 0 unspecified atom stereocenters. The van der Waals surface area contributed by atoms with Crippen molar-refractivity contribution in [3.63, 3.8) is 0 Å². The zero-order valence-electron chi connectivity index (χ0n) is 8.82. The van der Waals surface area contributed by atoms with Gasteiger partial charge < -0.3 is 0 Å². The molecule has 1 fully saturated rings. The Balaban J connectivity index is 2.57. The maximum atomic E-state index is 12.6. The van der Waals surface area contributed by atoms with E-state index in [0.29, 0.717) is 19.0 Å². The van der Waals surface area contributed by atoms with Crippen LogP contribution in [0.2, 0.25) is 0 Å². The summed E-state index contributed by atoms with van der Waals surface area (Å²) in [7, 11) is -3.68. The van der Waals surface area contributed by atoms with E-state index in [4.69, 9.17) is 0 Å². The Morgan fingerprint density at radius 1 is 1.35 bits per heavy atom. The highest BCUT2D eigenvalue weighted by Crippen LogP contribution is 2.44.